The summed E-state index contributed by atoms with van der Waals surface area (Å²) >= 11 is 3.24. The van der Waals surface area contributed by atoms with E-state index in [0.717, 1.165) is 6.08 Å². The summed E-state index contributed by atoms with van der Waals surface area (Å²) < 4.78 is 0. The lowest BCUT2D eigenvalue weighted by atomic mass is 9.99. The molecule has 0 heterocycles. The van der Waals surface area contributed by atoms with Crippen LogP contribution in [0.3, 0.4) is 0 Å². The fraction of sp³-hybridized carbons (Fsp3) is 0.154. The van der Waals surface area contributed by atoms with E-state index in [-0.39, 0.29) is 5.78 Å². The Bertz CT molecular complexity index is 520. The van der Waals surface area contributed by atoms with Gasteiger partial charge in [-0.2, -0.15) is 0 Å². The number of carbonyl (C=O) groups excluding carboxylic acids is 2. The van der Waals surface area contributed by atoms with Gasteiger partial charge in [0.1, 0.15) is 12.1 Å². The number of carboxylic acid groups (broad SMARTS) is 1. The van der Waals surface area contributed by atoms with Crippen LogP contribution in [0.2, 0.25) is 0 Å². The Balaban J connectivity index is 3.28. The van der Waals surface area contributed by atoms with Crippen LogP contribution in [-0.2, 0) is 9.59 Å². The van der Waals surface area contributed by atoms with Gasteiger partial charge in [-0.25, -0.2) is 4.79 Å². The molecule has 4 nitrogen and oxygen atoms in total. The molecule has 0 aromatic heterocycles. The Labute approximate surface area is 112 Å². The molecule has 0 amide bonds. The second-order valence-corrected chi connectivity index (χ2v) is 4.57. The quantitative estimate of drug-likeness (QED) is 0.515. The number of Topliss-reactive ketones (excluding diaryl/α,β-unsaturated/α-hetero) is 1. The molecule has 0 saturated carbocycles. The van der Waals surface area contributed by atoms with Crippen molar-refractivity contribution in [3.05, 3.63) is 41.0 Å². The molecule has 0 aliphatic heterocycles. The highest BCUT2D eigenvalue weighted by atomic mass is 79.9. The highest BCUT2D eigenvalue weighted by Crippen LogP contribution is 2.28. The molecule has 0 bridgehead atoms. The highest BCUT2D eigenvalue weighted by molar-refractivity contribution is 9.09. The van der Waals surface area contributed by atoms with E-state index in [4.69, 9.17) is 5.11 Å². The summed E-state index contributed by atoms with van der Waals surface area (Å²) in [6, 6.07) is 4.75. The molecular formula is C13H11BrO4. The maximum absolute atomic E-state index is 11.3. The first-order chi connectivity index (χ1) is 8.45. The number of halogens is 1. The molecule has 1 atom stereocenters. The molecule has 0 spiro atoms. The van der Waals surface area contributed by atoms with Crippen LogP contribution in [0, 0.1) is 0 Å². The van der Waals surface area contributed by atoms with Gasteiger partial charge in [-0.05, 0) is 30.2 Å². The fourth-order valence-electron chi connectivity index (χ4n) is 1.42. The molecule has 1 N–H and O–H groups in total. The minimum atomic E-state index is -1.09. The molecule has 1 rings (SSSR count). The minimum Gasteiger partial charge on any atom is -0.478 e. The van der Waals surface area contributed by atoms with Gasteiger partial charge in [0.15, 0.2) is 0 Å². The molecule has 0 aliphatic carbocycles. The average molecular weight is 311 g/mol. The number of alkyl halides is 1. The van der Waals surface area contributed by atoms with E-state index in [0.29, 0.717) is 23.0 Å². The third-order valence-corrected chi connectivity index (χ3v) is 3.42. The molecule has 18 heavy (non-hydrogen) atoms. The fourth-order valence-corrected chi connectivity index (χ4v) is 1.84. The lowest BCUT2D eigenvalue weighted by Crippen LogP contribution is -2.03. The van der Waals surface area contributed by atoms with Gasteiger partial charge >= 0.3 is 5.97 Å². The predicted molar refractivity (Wildman–Crippen MR) is 70.8 cm³/mol. The Morgan fingerprint density at radius 3 is 2.56 bits per heavy atom. The van der Waals surface area contributed by atoms with Crippen LogP contribution in [0.1, 0.15) is 33.2 Å². The van der Waals surface area contributed by atoms with Crippen molar-refractivity contribution in [3.8, 4) is 0 Å². The van der Waals surface area contributed by atoms with Crippen LogP contribution >= 0.6 is 15.9 Å². The van der Waals surface area contributed by atoms with E-state index in [1.54, 1.807) is 18.2 Å². The molecule has 0 radical (unpaired) electrons. The number of rotatable bonds is 5. The third kappa shape index (κ3) is 3.63. The summed E-state index contributed by atoms with van der Waals surface area (Å²) in [5.74, 6) is -1.19. The van der Waals surface area contributed by atoms with Gasteiger partial charge in [0.25, 0.3) is 0 Å². The van der Waals surface area contributed by atoms with Gasteiger partial charge in [0.2, 0.25) is 0 Å². The zero-order valence-corrected chi connectivity index (χ0v) is 11.2. The van der Waals surface area contributed by atoms with Gasteiger partial charge in [-0.15, -0.1) is 0 Å². The zero-order chi connectivity index (χ0) is 13.7. The van der Waals surface area contributed by atoms with E-state index >= 15 is 0 Å². The molecule has 0 fully saturated rings. The van der Waals surface area contributed by atoms with E-state index in [1.807, 2.05) is 0 Å². The molecule has 5 heteroatoms. The summed E-state index contributed by atoms with van der Waals surface area (Å²) in [4.78, 5) is 32.0. The van der Waals surface area contributed by atoms with Crippen LogP contribution in [0.4, 0.5) is 0 Å². The molecule has 1 aromatic rings. The van der Waals surface area contributed by atoms with Crippen molar-refractivity contribution < 1.29 is 19.5 Å². The van der Waals surface area contributed by atoms with Crippen LogP contribution < -0.4 is 0 Å². The highest BCUT2D eigenvalue weighted by Gasteiger charge is 2.15. The normalized spacial score (nSPS) is 12.3. The van der Waals surface area contributed by atoms with Gasteiger partial charge in [-0.1, -0.05) is 28.1 Å². The Kier molecular flexibility index (Phi) is 4.97. The number of carboxylic acids is 1. The average Bonchev–Trinajstić information content (AvgIpc) is 2.34. The number of aldehydes is 1. The van der Waals surface area contributed by atoms with Crippen LogP contribution in [0.25, 0.3) is 6.08 Å². The second kappa shape index (κ2) is 6.26. The number of hydrogen-bond acceptors (Lipinski definition) is 3. The number of ketones is 1. The number of aliphatic carboxylic acids is 1. The van der Waals surface area contributed by atoms with Gasteiger partial charge < -0.3 is 5.11 Å². The van der Waals surface area contributed by atoms with Crippen molar-refractivity contribution in [1.82, 2.24) is 0 Å². The first-order valence-electron chi connectivity index (χ1n) is 5.10. The van der Waals surface area contributed by atoms with Crippen molar-refractivity contribution in [2.45, 2.75) is 11.8 Å². The molecular weight excluding hydrogens is 300 g/mol. The maximum Gasteiger partial charge on any atom is 0.328 e. The summed E-state index contributed by atoms with van der Waals surface area (Å²) in [7, 11) is 0. The topological polar surface area (TPSA) is 71.4 Å². The summed E-state index contributed by atoms with van der Waals surface area (Å²) in [6.45, 7) is 1.43. The van der Waals surface area contributed by atoms with Crippen molar-refractivity contribution in [2.75, 3.05) is 0 Å². The van der Waals surface area contributed by atoms with Crippen molar-refractivity contribution >= 4 is 40.0 Å². The Morgan fingerprint density at radius 1 is 1.39 bits per heavy atom. The van der Waals surface area contributed by atoms with E-state index in [2.05, 4.69) is 15.9 Å². The molecule has 94 valence electrons. The monoisotopic (exact) mass is 310 g/mol. The van der Waals surface area contributed by atoms with Gasteiger partial charge in [0.05, 0.1) is 4.83 Å². The van der Waals surface area contributed by atoms with Crippen molar-refractivity contribution in [2.24, 2.45) is 0 Å². The van der Waals surface area contributed by atoms with Crippen LogP contribution in [0.5, 0.6) is 0 Å². The van der Waals surface area contributed by atoms with Crippen molar-refractivity contribution in [3.63, 3.8) is 0 Å². The van der Waals surface area contributed by atoms with E-state index in [1.165, 1.54) is 13.0 Å². The Morgan fingerprint density at radius 2 is 2.06 bits per heavy atom. The SMILES string of the molecule is CC(=O)C(Br)c1ccc(C=O)cc1C=CC(=O)O. The lowest BCUT2D eigenvalue weighted by molar-refractivity contribution is -0.131. The standard InChI is InChI=1S/C13H11BrO4/c1-8(16)13(14)11-4-2-9(7-15)6-10(11)3-5-12(17)18/h2-7,13H,1H3,(H,17,18). The van der Waals surface area contributed by atoms with Crippen LogP contribution in [-0.4, -0.2) is 23.1 Å². The van der Waals surface area contributed by atoms with E-state index < -0.39 is 10.8 Å². The Hall–Kier alpha value is -1.75. The molecule has 1 aromatic carbocycles. The largest absolute Gasteiger partial charge is 0.478 e. The summed E-state index contributed by atoms with van der Waals surface area (Å²) in [6.07, 6.45) is 2.99. The molecule has 0 saturated heterocycles. The van der Waals surface area contributed by atoms with Crippen LogP contribution in [0.15, 0.2) is 24.3 Å². The lowest BCUT2D eigenvalue weighted by Gasteiger charge is -2.10. The number of hydrogen-bond donors (Lipinski definition) is 1. The predicted octanol–water partition coefficient (Wildman–Crippen LogP) is 2.62. The first-order valence-corrected chi connectivity index (χ1v) is 6.02. The minimum absolute atomic E-state index is 0.0983. The maximum atomic E-state index is 11.3. The van der Waals surface area contributed by atoms with Gasteiger partial charge in [0, 0.05) is 11.6 Å². The number of benzene rings is 1. The summed E-state index contributed by atoms with van der Waals surface area (Å²) in [5, 5.41) is 8.60. The van der Waals surface area contributed by atoms with Crippen molar-refractivity contribution in [1.29, 1.82) is 0 Å². The molecule has 1 unspecified atom stereocenters. The number of carbonyl (C=O) groups is 3. The van der Waals surface area contributed by atoms with Gasteiger partial charge in [-0.3, -0.25) is 9.59 Å². The smallest absolute Gasteiger partial charge is 0.328 e. The zero-order valence-electron chi connectivity index (χ0n) is 9.59. The molecule has 0 aliphatic rings. The second-order valence-electron chi connectivity index (χ2n) is 3.65. The van der Waals surface area contributed by atoms with E-state index in [9.17, 15) is 14.4 Å². The third-order valence-electron chi connectivity index (χ3n) is 2.28. The summed E-state index contributed by atoms with van der Waals surface area (Å²) in [5.41, 5.74) is 1.58. The first kappa shape index (κ1) is 14.3.